The van der Waals surface area contributed by atoms with E-state index in [1.54, 1.807) is 0 Å². The molecule has 1 atom stereocenters. The van der Waals surface area contributed by atoms with Crippen molar-refractivity contribution in [2.75, 3.05) is 6.54 Å². The number of nitrogens with zero attached hydrogens (tertiary/aromatic N) is 2. The summed E-state index contributed by atoms with van der Waals surface area (Å²) in [6.45, 7) is 2.74. The summed E-state index contributed by atoms with van der Waals surface area (Å²) in [6, 6.07) is 16.2. The van der Waals surface area contributed by atoms with E-state index < -0.39 is 0 Å². The van der Waals surface area contributed by atoms with E-state index >= 15 is 0 Å². The molecule has 1 amide bonds. The second-order valence-electron chi connectivity index (χ2n) is 7.22. The molecule has 2 aromatic heterocycles. The summed E-state index contributed by atoms with van der Waals surface area (Å²) >= 11 is 0. The van der Waals surface area contributed by atoms with Gasteiger partial charge in [0, 0.05) is 18.7 Å². The van der Waals surface area contributed by atoms with Crippen LogP contribution < -0.4 is 5.32 Å². The molecule has 1 unspecified atom stereocenters. The molecule has 134 valence electrons. The molecule has 0 spiro atoms. The number of hydrogen-bond acceptors (Lipinski definition) is 2. The van der Waals surface area contributed by atoms with Crippen LogP contribution in [-0.4, -0.2) is 21.8 Å². The lowest BCUT2D eigenvalue weighted by Gasteiger charge is -2.18. The third kappa shape index (κ3) is 3.64. The molecule has 0 aliphatic heterocycles. The number of fused-ring (bicyclic) bond motifs is 1. The highest BCUT2D eigenvalue weighted by molar-refractivity contribution is 5.93. The summed E-state index contributed by atoms with van der Waals surface area (Å²) in [5.41, 5.74) is 3.79. The Hall–Kier alpha value is -2.62. The summed E-state index contributed by atoms with van der Waals surface area (Å²) in [5, 5.41) is 3.16. The van der Waals surface area contributed by atoms with Gasteiger partial charge in [-0.1, -0.05) is 56.2 Å². The number of aryl methyl sites for hydroxylation is 1. The third-order valence-electron chi connectivity index (χ3n) is 5.23. The summed E-state index contributed by atoms with van der Waals surface area (Å²) in [4.78, 5) is 17.4. The van der Waals surface area contributed by atoms with Crippen LogP contribution in [0.5, 0.6) is 0 Å². The van der Waals surface area contributed by atoms with Crippen molar-refractivity contribution in [2.24, 2.45) is 5.92 Å². The second kappa shape index (κ2) is 7.32. The van der Waals surface area contributed by atoms with Gasteiger partial charge in [0.1, 0.15) is 11.3 Å². The van der Waals surface area contributed by atoms with Gasteiger partial charge in [-0.15, -0.1) is 0 Å². The van der Waals surface area contributed by atoms with E-state index in [0.29, 0.717) is 18.2 Å². The van der Waals surface area contributed by atoms with Crippen LogP contribution >= 0.6 is 0 Å². The predicted octanol–water partition coefficient (Wildman–Crippen LogP) is 4.21. The number of rotatable bonds is 7. The molecule has 4 heteroatoms. The minimum Gasteiger partial charge on any atom is -0.350 e. The van der Waals surface area contributed by atoms with Crippen molar-refractivity contribution >= 4 is 11.6 Å². The van der Waals surface area contributed by atoms with Crippen LogP contribution in [0.4, 0.5) is 0 Å². The number of hydrogen-bond donors (Lipinski definition) is 1. The van der Waals surface area contributed by atoms with Crippen LogP contribution in [0.3, 0.4) is 0 Å². The highest BCUT2D eigenvalue weighted by Crippen LogP contribution is 2.38. The van der Waals surface area contributed by atoms with E-state index in [-0.39, 0.29) is 5.91 Å². The monoisotopic (exact) mass is 347 g/mol. The molecule has 4 rings (SSSR count). The molecule has 1 saturated carbocycles. The van der Waals surface area contributed by atoms with Crippen LogP contribution in [0, 0.1) is 5.92 Å². The lowest BCUT2D eigenvalue weighted by molar-refractivity contribution is 0.0944. The number of carbonyl (C=O) groups is 1. The Labute approximate surface area is 154 Å². The molecule has 1 aliphatic rings. The number of amides is 1. The Morgan fingerprint density at radius 1 is 1.19 bits per heavy atom. The first-order chi connectivity index (χ1) is 12.7. The van der Waals surface area contributed by atoms with Crippen molar-refractivity contribution in [1.29, 1.82) is 0 Å². The smallest absolute Gasteiger partial charge is 0.268 e. The summed E-state index contributed by atoms with van der Waals surface area (Å²) in [7, 11) is 0. The fourth-order valence-corrected chi connectivity index (χ4v) is 3.54. The molecule has 2 heterocycles. The Morgan fingerprint density at radius 2 is 2.00 bits per heavy atom. The van der Waals surface area contributed by atoms with Crippen molar-refractivity contribution in [1.82, 2.24) is 14.7 Å². The van der Waals surface area contributed by atoms with Crippen LogP contribution in [0.25, 0.3) is 5.65 Å². The quantitative estimate of drug-likeness (QED) is 0.696. The van der Waals surface area contributed by atoms with Crippen molar-refractivity contribution in [3.63, 3.8) is 0 Å². The minimum absolute atomic E-state index is 0.0348. The topological polar surface area (TPSA) is 46.4 Å². The fourth-order valence-electron chi connectivity index (χ4n) is 3.54. The summed E-state index contributed by atoms with van der Waals surface area (Å²) in [5.74, 6) is 1.16. The van der Waals surface area contributed by atoms with Gasteiger partial charge in [0.05, 0.1) is 5.69 Å². The van der Waals surface area contributed by atoms with E-state index in [9.17, 15) is 4.79 Å². The average Bonchev–Trinajstić information content (AvgIpc) is 3.40. The van der Waals surface area contributed by atoms with Crippen LogP contribution in [-0.2, 0) is 6.42 Å². The van der Waals surface area contributed by atoms with Gasteiger partial charge in [0.25, 0.3) is 5.91 Å². The van der Waals surface area contributed by atoms with Gasteiger partial charge in [-0.2, -0.15) is 0 Å². The maximum Gasteiger partial charge on any atom is 0.268 e. The standard InChI is InChI=1S/C22H25N3O/c1-2-19-15-25-20(9-6-10-21(25)24-19)22(26)23-14-18(13-16-11-12-16)17-7-4-3-5-8-17/h3-10,15-16,18H,2,11-14H2,1H3,(H,23,26). The highest BCUT2D eigenvalue weighted by Gasteiger charge is 2.26. The Bertz CT molecular complexity index is 896. The van der Waals surface area contributed by atoms with E-state index in [1.165, 1.54) is 18.4 Å². The zero-order chi connectivity index (χ0) is 17.9. The molecule has 0 radical (unpaired) electrons. The molecule has 1 aromatic carbocycles. The van der Waals surface area contributed by atoms with Gasteiger partial charge >= 0.3 is 0 Å². The molecule has 0 saturated heterocycles. The first-order valence-electron chi connectivity index (χ1n) is 9.54. The van der Waals surface area contributed by atoms with E-state index in [2.05, 4.69) is 41.5 Å². The van der Waals surface area contributed by atoms with Gasteiger partial charge in [0.15, 0.2) is 0 Å². The lowest BCUT2D eigenvalue weighted by atomic mass is 9.93. The molecule has 26 heavy (non-hydrogen) atoms. The van der Waals surface area contributed by atoms with Crippen molar-refractivity contribution < 1.29 is 4.79 Å². The number of aromatic nitrogens is 2. The normalized spacial score (nSPS) is 15.1. The largest absolute Gasteiger partial charge is 0.350 e. The van der Waals surface area contributed by atoms with Crippen molar-refractivity contribution in [2.45, 2.75) is 38.5 Å². The zero-order valence-electron chi connectivity index (χ0n) is 15.2. The van der Waals surface area contributed by atoms with Gasteiger partial charge in [-0.05, 0) is 36.5 Å². The molecule has 1 N–H and O–H groups in total. The molecule has 4 nitrogen and oxygen atoms in total. The average molecular weight is 347 g/mol. The van der Waals surface area contributed by atoms with Crippen LogP contribution in [0.1, 0.15) is 53.8 Å². The number of nitrogens with one attached hydrogen (secondary N) is 1. The molecule has 1 aliphatic carbocycles. The van der Waals surface area contributed by atoms with Gasteiger partial charge in [0.2, 0.25) is 0 Å². The Morgan fingerprint density at radius 3 is 2.73 bits per heavy atom. The molecule has 0 bridgehead atoms. The molecular weight excluding hydrogens is 322 g/mol. The summed E-state index contributed by atoms with van der Waals surface area (Å²) in [6.07, 6.45) is 6.62. The first-order valence-corrected chi connectivity index (χ1v) is 9.54. The maximum absolute atomic E-state index is 12.8. The van der Waals surface area contributed by atoms with E-state index in [0.717, 1.165) is 30.1 Å². The van der Waals surface area contributed by atoms with Crippen molar-refractivity contribution in [3.8, 4) is 0 Å². The van der Waals surface area contributed by atoms with Gasteiger partial charge in [-0.3, -0.25) is 9.20 Å². The minimum atomic E-state index is -0.0348. The summed E-state index contributed by atoms with van der Waals surface area (Å²) < 4.78 is 1.90. The molecule has 3 aromatic rings. The van der Waals surface area contributed by atoms with Crippen LogP contribution in [0.2, 0.25) is 0 Å². The Kier molecular flexibility index (Phi) is 4.74. The van der Waals surface area contributed by atoms with Crippen LogP contribution in [0.15, 0.2) is 54.7 Å². The predicted molar refractivity (Wildman–Crippen MR) is 103 cm³/mol. The fraction of sp³-hybridized carbons (Fsp3) is 0.364. The first kappa shape index (κ1) is 16.8. The van der Waals surface area contributed by atoms with Crippen molar-refractivity contribution in [3.05, 3.63) is 71.7 Å². The number of imidazole rings is 1. The number of pyridine rings is 1. The second-order valence-corrected chi connectivity index (χ2v) is 7.22. The van der Waals surface area contributed by atoms with E-state index in [4.69, 9.17) is 0 Å². The third-order valence-corrected chi connectivity index (χ3v) is 5.23. The number of benzene rings is 1. The molecular formula is C22H25N3O. The van der Waals surface area contributed by atoms with Gasteiger partial charge < -0.3 is 5.32 Å². The number of carbonyl (C=O) groups excluding carboxylic acids is 1. The maximum atomic E-state index is 12.8. The van der Waals surface area contributed by atoms with E-state index in [1.807, 2.05) is 34.9 Å². The molecule has 1 fully saturated rings. The zero-order valence-corrected chi connectivity index (χ0v) is 15.2. The SMILES string of the molecule is CCc1cn2c(C(=O)NCC(CC3CC3)c3ccccc3)cccc2n1. The lowest BCUT2D eigenvalue weighted by Crippen LogP contribution is -2.30. The van der Waals surface area contributed by atoms with Gasteiger partial charge in [-0.25, -0.2) is 4.98 Å². The Balaban J connectivity index is 1.51. The highest BCUT2D eigenvalue weighted by atomic mass is 16.1.